The standard InChI is InChI=1S/C24H18N2O7/c1-3-22(27)33-21-11-4-14(2)12-20(21)25-23(28)18-10-9-17(13-19(18)24(25)29)32-16-7-5-15(6-8-16)26(30)31/h4-13H,3H2,1-2H3. The molecule has 0 atom stereocenters. The fourth-order valence-corrected chi connectivity index (χ4v) is 3.36. The van der Waals surface area contributed by atoms with Crippen LogP contribution in [0.3, 0.4) is 0 Å². The molecule has 166 valence electrons. The Balaban J connectivity index is 1.65. The molecule has 3 aromatic rings. The van der Waals surface area contributed by atoms with E-state index >= 15 is 0 Å². The summed E-state index contributed by atoms with van der Waals surface area (Å²) in [6, 6.07) is 14.8. The number of carbonyl (C=O) groups is 3. The molecule has 0 saturated heterocycles. The number of nitro groups is 1. The zero-order valence-electron chi connectivity index (χ0n) is 17.7. The summed E-state index contributed by atoms with van der Waals surface area (Å²) < 4.78 is 11.0. The predicted molar refractivity (Wildman–Crippen MR) is 118 cm³/mol. The molecular weight excluding hydrogens is 428 g/mol. The van der Waals surface area contributed by atoms with Gasteiger partial charge in [0.25, 0.3) is 17.5 Å². The number of hydrogen-bond acceptors (Lipinski definition) is 7. The second-order valence-electron chi connectivity index (χ2n) is 7.30. The summed E-state index contributed by atoms with van der Waals surface area (Å²) in [5.41, 5.74) is 1.20. The zero-order valence-corrected chi connectivity index (χ0v) is 17.7. The molecule has 0 saturated carbocycles. The third-order valence-electron chi connectivity index (χ3n) is 5.01. The molecule has 0 N–H and O–H groups in total. The Hall–Kier alpha value is -4.53. The van der Waals surface area contributed by atoms with E-state index in [1.54, 1.807) is 32.0 Å². The summed E-state index contributed by atoms with van der Waals surface area (Å²) in [5.74, 6) is -0.881. The van der Waals surface area contributed by atoms with Gasteiger partial charge in [-0.3, -0.25) is 24.5 Å². The number of hydrogen-bond donors (Lipinski definition) is 0. The zero-order chi connectivity index (χ0) is 23.7. The van der Waals surface area contributed by atoms with Crippen LogP contribution in [-0.2, 0) is 4.79 Å². The summed E-state index contributed by atoms with van der Waals surface area (Å²) in [6.45, 7) is 3.44. The average Bonchev–Trinajstić information content (AvgIpc) is 3.04. The van der Waals surface area contributed by atoms with Crippen LogP contribution in [0.25, 0.3) is 0 Å². The van der Waals surface area contributed by atoms with Crippen LogP contribution >= 0.6 is 0 Å². The number of ether oxygens (including phenoxy) is 2. The minimum atomic E-state index is -0.580. The largest absolute Gasteiger partial charge is 0.457 e. The molecule has 0 radical (unpaired) electrons. The van der Waals surface area contributed by atoms with Gasteiger partial charge in [0.15, 0.2) is 5.75 Å². The van der Waals surface area contributed by atoms with Crippen LogP contribution < -0.4 is 14.4 Å². The maximum atomic E-state index is 13.2. The molecule has 2 amide bonds. The Labute approximate surface area is 188 Å². The molecule has 0 fully saturated rings. The quantitative estimate of drug-likeness (QED) is 0.175. The molecule has 0 bridgehead atoms. The first-order valence-electron chi connectivity index (χ1n) is 10.0. The van der Waals surface area contributed by atoms with Gasteiger partial charge < -0.3 is 9.47 Å². The average molecular weight is 446 g/mol. The molecule has 9 heteroatoms. The highest BCUT2D eigenvalue weighted by atomic mass is 16.6. The van der Waals surface area contributed by atoms with Crippen LogP contribution in [0.2, 0.25) is 0 Å². The molecule has 4 rings (SSSR count). The number of non-ortho nitro benzene ring substituents is 1. The molecule has 0 aromatic heterocycles. The molecule has 3 aromatic carbocycles. The van der Waals surface area contributed by atoms with Crippen molar-refractivity contribution >= 4 is 29.2 Å². The molecule has 0 aliphatic carbocycles. The van der Waals surface area contributed by atoms with Crippen molar-refractivity contribution in [3.63, 3.8) is 0 Å². The highest BCUT2D eigenvalue weighted by Gasteiger charge is 2.38. The topological polar surface area (TPSA) is 116 Å². The van der Waals surface area contributed by atoms with Crippen molar-refractivity contribution in [1.82, 2.24) is 0 Å². The normalized spacial score (nSPS) is 12.5. The number of benzene rings is 3. The van der Waals surface area contributed by atoms with E-state index in [0.29, 0.717) is 5.75 Å². The van der Waals surface area contributed by atoms with E-state index in [-0.39, 0.29) is 40.4 Å². The van der Waals surface area contributed by atoms with E-state index in [4.69, 9.17) is 9.47 Å². The Morgan fingerprint density at radius 3 is 2.27 bits per heavy atom. The van der Waals surface area contributed by atoms with Gasteiger partial charge in [0.2, 0.25) is 0 Å². The number of anilines is 1. The summed E-state index contributed by atoms with van der Waals surface area (Å²) >= 11 is 0. The maximum absolute atomic E-state index is 13.2. The summed E-state index contributed by atoms with van der Waals surface area (Å²) in [6.07, 6.45) is 0.138. The first-order valence-corrected chi connectivity index (χ1v) is 10.0. The third kappa shape index (κ3) is 4.16. The first kappa shape index (κ1) is 21.7. The fraction of sp³-hybridized carbons (Fsp3) is 0.125. The molecule has 0 unspecified atom stereocenters. The van der Waals surface area contributed by atoms with Crippen molar-refractivity contribution in [2.45, 2.75) is 20.3 Å². The van der Waals surface area contributed by atoms with E-state index in [9.17, 15) is 24.5 Å². The van der Waals surface area contributed by atoms with Crippen LogP contribution in [0.4, 0.5) is 11.4 Å². The lowest BCUT2D eigenvalue weighted by atomic mass is 10.1. The van der Waals surface area contributed by atoms with E-state index in [1.807, 2.05) is 0 Å². The van der Waals surface area contributed by atoms with E-state index in [2.05, 4.69) is 0 Å². The van der Waals surface area contributed by atoms with Crippen molar-refractivity contribution in [1.29, 1.82) is 0 Å². The number of fused-ring (bicyclic) bond motifs is 1. The molecular formula is C24H18N2O7. The van der Waals surface area contributed by atoms with E-state index in [1.165, 1.54) is 42.5 Å². The van der Waals surface area contributed by atoms with Crippen molar-refractivity contribution in [3.8, 4) is 17.2 Å². The van der Waals surface area contributed by atoms with Crippen LogP contribution in [0.1, 0.15) is 39.6 Å². The SMILES string of the molecule is CCC(=O)Oc1ccc(C)cc1N1C(=O)c2ccc(Oc3ccc([N+](=O)[O-])cc3)cc2C1=O. The number of amides is 2. The Bertz CT molecular complexity index is 1300. The van der Waals surface area contributed by atoms with Crippen LogP contribution in [0, 0.1) is 17.0 Å². The van der Waals surface area contributed by atoms with Gasteiger partial charge in [0.05, 0.1) is 21.7 Å². The molecule has 33 heavy (non-hydrogen) atoms. The van der Waals surface area contributed by atoms with E-state index < -0.39 is 22.7 Å². The molecule has 9 nitrogen and oxygen atoms in total. The fourth-order valence-electron chi connectivity index (χ4n) is 3.36. The van der Waals surface area contributed by atoms with Gasteiger partial charge in [-0.25, -0.2) is 4.90 Å². The molecule has 1 aliphatic heterocycles. The Morgan fingerprint density at radius 2 is 1.61 bits per heavy atom. The Morgan fingerprint density at radius 1 is 0.939 bits per heavy atom. The smallest absolute Gasteiger partial charge is 0.310 e. The number of rotatable bonds is 6. The van der Waals surface area contributed by atoms with Gasteiger partial charge >= 0.3 is 5.97 Å². The van der Waals surface area contributed by atoms with Gasteiger partial charge in [0.1, 0.15) is 11.5 Å². The number of aryl methyl sites for hydroxylation is 1. The molecule has 0 spiro atoms. The first-order chi connectivity index (χ1) is 15.8. The van der Waals surface area contributed by atoms with Crippen LogP contribution in [-0.4, -0.2) is 22.7 Å². The van der Waals surface area contributed by atoms with Gasteiger partial charge in [-0.2, -0.15) is 0 Å². The summed E-state index contributed by atoms with van der Waals surface area (Å²) in [7, 11) is 0. The van der Waals surface area contributed by atoms with Gasteiger partial charge in [-0.15, -0.1) is 0 Å². The van der Waals surface area contributed by atoms with Crippen molar-refractivity contribution in [2.24, 2.45) is 0 Å². The van der Waals surface area contributed by atoms with Crippen LogP contribution in [0.5, 0.6) is 17.2 Å². The van der Waals surface area contributed by atoms with Crippen molar-refractivity contribution in [2.75, 3.05) is 4.90 Å². The van der Waals surface area contributed by atoms with Gasteiger partial charge in [-0.1, -0.05) is 13.0 Å². The van der Waals surface area contributed by atoms with Gasteiger partial charge in [0, 0.05) is 18.6 Å². The maximum Gasteiger partial charge on any atom is 0.310 e. The second kappa shape index (κ2) is 8.54. The number of nitro benzene ring substituents is 1. The highest BCUT2D eigenvalue weighted by Crippen LogP contribution is 2.37. The number of carbonyl (C=O) groups excluding carboxylic acids is 3. The number of nitrogens with zero attached hydrogens (tertiary/aromatic N) is 2. The summed E-state index contributed by atoms with van der Waals surface area (Å²) in [4.78, 5) is 49.3. The lowest BCUT2D eigenvalue weighted by Crippen LogP contribution is -2.30. The van der Waals surface area contributed by atoms with Crippen molar-refractivity contribution < 1.29 is 28.8 Å². The highest BCUT2D eigenvalue weighted by molar-refractivity contribution is 6.35. The van der Waals surface area contributed by atoms with Gasteiger partial charge in [-0.05, 0) is 55.0 Å². The molecule has 1 aliphatic rings. The van der Waals surface area contributed by atoms with E-state index in [0.717, 1.165) is 10.5 Å². The number of imide groups is 1. The lowest BCUT2D eigenvalue weighted by Gasteiger charge is -2.18. The minimum absolute atomic E-state index is 0.0783. The predicted octanol–water partition coefficient (Wildman–Crippen LogP) is 4.81. The summed E-state index contributed by atoms with van der Waals surface area (Å²) in [5, 5.41) is 10.8. The minimum Gasteiger partial charge on any atom is -0.457 e. The Kier molecular flexibility index (Phi) is 5.61. The van der Waals surface area contributed by atoms with Crippen LogP contribution in [0.15, 0.2) is 60.7 Å². The molecule has 1 heterocycles. The third-order valence-corrected chi connectivity index (χ3v) is 5.01. The van der Waals surface area contributed by atoms with Crippen molar-refractivity contribution in [3.05, 3.63) is 87.5 Å². The second-order valence-corrected chi connectivity index (χ2v) is 7.30. The monoisotopic (exact) mass is 446 g/mol. The lowest BCUT2D eigenvalue weighted by molar-refractivity contribution is -0.384. The number of esters is 1.